The fourth-order valence-corrected chi connectivity index (χ4v) is 24.2. The van der Waals surface area contributed by atoms with Gasteiger partial charge in [0, 0.05) is 75.3 Å². The molecule has 0 radical (unpaired) electrons. The Hall–Kier alpha value is -16.9. The SMILES string of the molecule is CC1(C)c2ccc(-c3cc(-c4nc(-c5ccccc5)nc(-c5ccccc5)n4)c4ccccc4c3)cc2-c2cccc(-c3ccccc3)c2C1(C)C.CC1(C)c2ccc(-c3ccccc3)cc2-c2cc(-c3nc4ccccc4nc3-c3ccc4c(c3)oc3ccccc34)ccc2C1(C)C.CC1(C)c2ccc(-c3ccccc3)cc2-c2cc(-c3nc4ccccc4nc3-c3ccc4c(c3)sc3ccccc34)ccc2C1(C)C. The van der Waals surface area contributed by atoms with E-state index in [1.54, 1.807) is 0 Å². The molecule has 19 aromatic carbocycles. The highest BCUT2D eigenvalue weighted by atomic mass is 32.1. The Morgan fingerprint density at radius 2 is 0.500 bits per heavy atom. The Bertz CT molecular complexity index is 8950. The number of furan rings is 1. The van der Waals surface area contributed by atoms with Crippen LogP contribution in [0.25, 0.3) is 232 Å². The zero-order valence-corrected chi connectivity index (χ0v) is 84.8. The van der Waals surface area contributed by atoms with Crippen molar-refractivity contribution in [2.45, 2.75) is 116 Å². The highest BCUT2D eigenvalue weighted by Crippen LogP contribution is 2.61. The summed E-state index contributed by atoms with van der Waals surface area (Å²) in [7, 11) is 0. The lowest BCUT2D eigenvalue weighted by molar-refractivity contribution is 0.299. The van der Waals surface area contributed by atoms with Crippen LogP contribution < -0.4 is 0 Å². The maximum Gasteiger partial charge on any atom is 0.164 e. The number of aromatic nitrogens is 7. The summed E-state index contributed by atoms with van der Waals surface area (Å²) >= 11 is 1.84. The van der Waals surface area contributed by atoms with E-state index in [-0.39, 0.29) is 32.5 Å². The van der Waals surface area contributed by atoms with Gasteiger partial charge in [-0.3, -0.25) is 0 Å². The second kappa shape index (κ2) is 35.0. The van der Waals surface area contributed by atoms with E-state index in [4.69, 9.17) is 39.3 Å². The molecule has 0 spiro atoms. The van der Waals surface area contributed by atoms with Crippen molar-refractivity contribution in [3.05, 3.63) is 464 Å². The zero-order chi connectivity index (χ0) is 99.3. The van der Waals surface area contributed by atoms with Gasteiger partial charge in [-0.1, -0.05) is 417 Å². The summed E-state index contributed by atoms with van der Waals surface area (Å²) in [5.74, 6) is 1.97. The van der Waals surface area contributed by atoms with Crippen molar-refractivity contribution in [2.24, 2.45) is 0 Å². The van der Waals surface area contributed by atoms with E-state index in [1.165, 1.54) is 120 Å². The van der Waals surface area contributed by atoms with E-state index >= 15 is 0 Å². The predicted molar refractivity (Wildman–Crippen MR) is 611 cm³/mol. The van der Waals surface area contributed by atoms with Gasteiger partial charge in [-0.2, -0.15) is 0 Å². The molecule has 5 aromatic heterocycles. The summed E-state index contributed by atoms with van der Waals surface area (Å²) in [5.41, 5.74) is 41.1. The third-order valence-electron chi connectivity index (χ3n) is 33.1. The molecule has 3 aliphatic carbocycles. The summed E-state index contributed by atoms with van der Waals surface area (Å²) < 4.78 is 8.87. The Morgan fingerprint density at radius 3 is 0.979 bits per heavy atom. The van der Waals surface area contributed by atoms with Crippen molar-refractivity contribution in [2.75, 3.05) is 0 Å². The van der Waals surface area contributed by atoms with Gasteiger partial charge >= 0.3 is 0 Å². The molecule has 9 heteroatoms. The Balaban J connectivity index is 0.000000114. The molecule has 8 nitrogen and oxygen atoms in total. The number of hydrogen-bond donors (Lipinski definition) is 0. The van der Waals surface area contributed by atoms with Crippen LogP contribution in [0.5, 0.6) is 0 Å². The van der Waals surface area contributed by atoms with E-state index in [2.05, 4.69) is 429 Å². The monoisotopic (exact) mass is 1900 g/mol. The topological polar surface area (TPSA) is 103 Å². The zero-order valence-electron chi connectivity index (χ0n) is 83.9. The second-order valence-electron chi connectivity index (χ2n) is 42.6. The molecular weight excluding hydrogens is 1790 g/mol. The van der Waals surface area contributed by atoms with Gasteiger partial charge in [0.2, 0.25) is 0 Å². The minimum absolute atomic E-state index is 0.0559. The second-order valence-corrected chi connectivity index (χ2v) is 43.7. The van der Waals surface area contributed by atoms with Crippen molar-refractivity contribution in [3.8, 4) is 157 Å². The quantitative estimate of drug-likeness (QED) is 0.126. The highest BCUT2D eigenvalue weighted by molar-refractivity contribution is 7.25. The highest BCUT2D eigenvalue weighted by Gasteiger charge is 2.50. The Kier molecular flexibility index (Phi) is 21.7. The molecule has 0 atom stereocenters. The van der Waals surface area contributed by atoms with Crippen molar-refractivity contribution < 1.29 is 4.42 Å². The molecule has 0 unspecified atom stereocenters. The molecule has 24 aromatic rings. The summed E-state index contributed by atoms with van der Waals surface area (Å²) in [6.07, 6.45) is 0. The standard InChI is InChI=1S/C49H39N3.C44H34N2O.C44H34N2S/c1-48(2)43-28-27-35(30-41(43)40-26-16-25-39(44(40)49(48,3)4)32-17-8-5-9-18-32)37-29-36-23-14-15-24-38(36)42(31-37)47-51-45(33-19-10-6-11-20-33)50-46(52-47)34-21-12-7-13-22-34;2*1-43(2)35-22-19-28(27-12-6-5-7-13-27)24-33(35)34-25-29(20-23-36(34)44(43,3)4)41-42(46-38-16-10-9-15-37(38)45-41)30-18-21-32-31-14-8-11-17-39(31)47-40(32)26-30/h5-31H,1-4H3;2*5-26H,1-4H3. The number of benzene rings is 19. The molecule has 27 rings (SSSR count). The fraction of sp³-hybridized carbons (Fsp3) is 0.131. The third kappa shape index (κ3) is 15.1. The molecule has 0 fully saturated rings. The van der Waals surface area contributed by atoms with Gasteiger partial charge in [-0.05, 0) is 246 Å². The van der Waals surface area contributed by atoms with Crippen molar-refractivity contribution in [1.29, 1.82) is 0 Å². The molecule has 702 valence electrons. The first-order chi connectivity index (χ1) is 70.9. The van der Waals surface area contributed by atoms with E-state index in [1.807, 2.05) is 96.3 Å². The smallest absolute Gasteiger partial charge is 0.164 e. The van der Waals surface area contributed by atoms with Crippen LogP contribution >= 0.6 is 11.3 Å². The largest absolute Gasteiger partial charge is 0.456 e. The minimum Gasteiger partial charge on any atom is -0.456 e. The lowest BCUT2D eigenvalue weighted by Crippen LogP contribution is -2.44. The van der Waals surface area contributed by atoms with Crippen molar-refractivity contribution in [1.82, 2.24) is 34.9 Å². The van der Waals surface area contributed by atoms with Crippen LogP contribution in [0.15, 0.2) is 435 Å². The van der Waals surface area contributed by atoms with Crippen LogP contribution in [0, 0.1) is 0 Å². The molecule has 3 aliphatic rings. The van der Waals surface area contributed by atoms with E-state index in [9.17, 15) is 0 Å². The minimum atomic E-state index is -0.111. The molecule has 5 heterocycles. The van der Waals surface area contributed by atoms with E-state index in [0.717, 1.165) is 128 Å². The van der Waals surface area contributed by atoms with Gasteiger partial charge < -0.3 is 4.42 Å². The molecule has 0 aliphatic heterocycles. The average molecular weight is 1900 g/mol. The predicted octanol–water partition coefficient (Wildman–Crippen LogP) is 36.6. The van der Waals surface area contributed by atoms with Crippen LogP contribution in [-0.4, -0.2) is 34.9 Å². The molecule has 0 saturated heterocycles. The number of rotatable bonds is 11. The molecule has 146 heavy (non-hydrogen) atoms. The molecule has 0 bridgehead atoms. The van der Waals surface area contributed by atoms with Gasteiger partial charge in [0.25, 0.3) is 0 Å². The normalized spacial score (nSPS) is 14.5. The van der Waals surface area contributed by atoms with E-state index in [0.29, 0.717) is 17.5 Å². The fourth-order valence-electron chi connectivity index (χ4n) is 23.1. The first-order valence-electron chi connectivity index (χ1n) is 50.7. The van der Waals surface area contributed by atoms with Gasteiger partial charge in [-0.25, -0.2) is 34.9 Å². The molecule has 0 amide bonds. The van der Waals surface area contributed by atoms with E-state index < -0.39 is 0 Å². The summed E-state index contributed by atoms with van der Waals surface area (Å²) in [4.78, 5) is 36.4. The maximum absolute atomic E-state index is 6.30. The Morgan fingerprint density at radius 1 is 0.178 bits per heavy atom. The summed E-state index contributed by atoms with van der Waals surface area (Å²) in [5, 5.41) is 7.06. The van der Waals surface area contributed by atoms with Crippen LogP contribution in [0.2, 0.25) is 0 Å². The number of fused-ring (bicyclic) bond motifs is 18. The first-order valence-corrected chi connectivity index (χ1v) is 51.5. The average Bonchev–Trinajstić information content (AvgIpc) is 1.07. The van der Waals surface area contributed by atoms with Gasteiger partial charge in [-0.15, -0.1) is 11.3 Å². The van der Waals surface area contributed by atoms with Crippen molar-refractivity contribution >= 4 is 86.3 Å². The summed E-state index contributed by atoms with van der Waals surface area (Å²) in [6.45, 7) is 28.7. The Labute approximate surface area is 856 Å². The van der Waals surface area contributed by atoms with Gasteiger partial charge in [0.05, 0.1) is 44.8 Å². The summed E-state index contributed by atoms with van der Waals surface area (Å²) in [6, 6.07) is 154. The van der Waals surface area contributed by atoms with Crippen LogP contribution in [0.4, 0.5) is 0 Å². The lowest BCUT2D eigenvalue weighted by Gasteiger charge is -2.49. The maximum atomic E-state index is 6.30. The van der Waals surface area contributed by atoms with Crippen LogP contribution in [0.3, 0.4) is 0 Å². The number of hydrogen-bond acceptors (Lipinski definition) is 9. The number of para-hydroxylation sites is 5. The molecule has 0 saturated carbocycles. The van der Waals surface area contributed by atoms with Gasteiger partial charge in [0.1, 0.15) is 11.2 Å². The van der Waals surface area contributed by atoms with Gasteiger partial charge in [0.15, 0.2) is 17.5 Å². The number of nitrogens with zero attached hydrogens (tertiary/aromatic N) is 7. The molecule has 0 N–H and O–H groups in total. The van der Waals surface area contributed by atoms with Crippen molar-refractivity contribution in [3.63, 3.8) is 0 Å². The third-order valence-corrected chi connectivity index (χ3v) is 34.3. The molecular formula is C137H107N7OS. The van der Waals surface area contributed by atoms with Crippen LogP contribution in [-0.2, 0) is 32.5 Å². The lowest BCUT2D eigenvalue weighted by atomic mass is 9.54. The van der Waals surface area contributed by atoms with Crippen LogP contribution in [0.1, 0.15) is 116 Å². The number of thiophene rings is 1. The first kappa shape index (κ1) is 90.4.